The smallest absolute Gasteiger partial charge is 0.234 e. The number of thioether (sulfide) groups is 1. The van der Waals surface area contributed by atoms with Gasteiger partial charge in [0, 0.05) is 13.0 Å². The molecule has 27 heavy (non-hydrogen) atoms. The van der Waals surface area contributed by atoms with E-state index in [0.717, 1.165) is 41.4 Å². The third-order valence-corrected chi connectivity index (χ3v) is 5.50. The van der Waals surface area contributed by atoms with E-state index in [1.54, 1.807) is 4.68 Å². The van der Waals surface area contributed by atoms with Crippen LogP contribution in [-0.2, 0) is 11.8 Å². The zero-order valence-electron chi connectivity index (χ0n) is 15.6. The second-order valence-electron chi connectivity index (χ2n) is 6.78. The van der Waals surface area contributed by atoms with Gasteiger partial charge < -0.3 is 5.32 Å². The van der Waals surface area contributed by atoms with E-state index in [1.807, 2.05) is 55.9 Å². The lowest BCUT2D eigenvalue weighted by atomic mass is 10.3. The van der Waals surface area contributed by atoms with Crippen LogP contribution in [0.25, 0.3) is 5.69 Å². The van der Waals surface area contributed by atoms with Crippen molar-refractivity contribution in [2.75, 3.05) is 11.1 Å². The predicted molar refractivity (Wildman–Crippen MR) is 105 cm³/mol. The van der Waals surface area contributed by atoms with E-state index in [2.05, 4.69) is 20.5 Å². The second kappa shape index (κ2) is 7.19. The third-order valence-electron chi connectivity index (χ3n) is 4.66. The van der Waals surface area contributed by atoms with Gasteiger partial charge in [-0.05, 0) is 38.8 Å². The van der Waals surface area contributed by atoms with Crippen LogP contribution in [0.15, 0.2) is 35.5 Å². The fourth-order valence-electron chi connectivity index (χ4n) is 2.99. The molecule has 3 aromatic rings. The number of hydrogen-bond donors (Lipinski definition) is 1. The summed E-state index contributed by atoms with van der Waals surface area (Å²) in [5.41, 5.74) is 3.54. The molecule has 1 amide bonds. The molecule has 0 atom stereocenters. The van der Waals surface area contributed by atoms with Gasteiger partial charge in [0.15, 0.2) is 0 Å². The zero-order valence-corrected chi connectivity index (χ0v) is 16.5. The Bertz CT molecular complexity index is 974. The summed E-state index contributed by atoms with van der Waals surface area (Å²) in [6.45, 7) is 3.83. The van der Waals surface area contributed by atoms with Crippen molar-refractivity contribution in [3.63, 3.8) is 0 Å². The number of hydrogen-bond acceptors (Lipinski definition) is 5. The SMILES string of the molecule is Cc1nn(C)c(C)c1NC(=O)CSc1nc(C2CC2)n(-c2ccccc2)n1. The molecule has 0 bridgehead atoms. The number of nitrogens with zero attached hydrogens (tertiary/aromatic N) is 5. The minimum atomic E-state index is -0.0803. The van der Waals surface area contributed by atoms with E-state index in [9.17, 15) is 4.79 Å². The Morgan fingerprint density at radius 3 is 2.59 bits per heavy atom. The van der Waals surface area contributed by atoms with Crippen molar-refractivity contribution < 1.29 is 4.79 Å². The first-order valence-corrected chi connectivity index (χ1v) is 9.96. The lowest BCUT2D eigenvalue weighted by molar-refractivity contribution is -0.113. The number of para-hydroxylation sites is 1. The summed E-state index contributed by atoms with van der Waals surface area (Å²) < 4.78 is 3.68. The monoisotopic (exact) mass is 382 g/mol. The number of aromatic nitrogens is 5. The molecule has 1 saturated carbocycles. The zero-order chi connectivity index (χ0) is 19.0. The van der Waals surface area contributed by atoms with Crippen LogP contribution in [0.3, 0.4) is 0 Å². The van der Waals surface area contributed by atoms with Crippen molar-refractivity contribution in [1.29, 1.82) is 0 Å². The van der Waals surface area contributed by atoms with Crippen LogP contribution in [0, 0.1) is 13.8 Å². The van der Waals surface area contributed by atoms with Gasteiger partial charge in [-0.2, -0.15) is 5.10 Å². The van der Waals surface area contributed by atoms with Gasteiger partial charge in [0.1, 0.15) is 5.82 Å². The second-order valence-corrected chi connectivity index (χ2v) is 7.72. The van der Waals surface area contributed by atoms with Crippen molar-refractivity contribution in [3.8, 4) is 5.69 Å². The molecule has 8 heteroatoms. The molecule has 0 aliphatic heterocycles. The molecule has 140 valence electrons. The number of carbonyl (C=O) groups is 1. The summed E-state index contributed by atoms with van der Waals surface area (Å²) >= 11 is 1.36. The number of amides is 1. The highest BCUT2D eigenvalue weighted by Crippen LogP contribution is 2.40. The lowest BCUT2D eigenvalue weighted by Gasteiger charge is -2.04. The van der Waals surface area contributed by atoms with E-state index in [4.69, 9.17) is 0 Å². The minimum Gasteiger partial charge on any atom is -0.322 e. The van der Waals surface area contributed by atoms with Crippen molar-refractivity contribution >= 4 is 23.4 Å². The molecule has 1 fully saturated rings. The average molecular weight is 382 g/mol. The first kappa shape index (κ1) is 17.8. The molecule has 4 rings (SSSR count). The molecule has 0 saturated heterocycles. The summed E-state index contributed by atoms with van der Waals surface area (Å²) in [4.78, 5) is 17.1. The summed E-state index contributed by atoms with van der Waals surface area (Å²) in [6.07, 6.45) is 2.30. The van der Waals surface area contributed by atoms with Crippen LogP contribution in [0.5, 0.6) is 0 Å². The summed E-state index contributed by atoms with van der Waals surface area (Å²) in [7, 11) is 1.87. The minimum absolute atomic E-state index is 0.0803. The van der Waals surface area contributed by atoms with Gasteiger partial charge in [0.05, 0.1) is 28.5 Å². The fraction of sp³-hybridized carbons (Fsp3) is 0.368. The van der Waals surface area contributed by atoms with Crippen LogP contribution >= 0.6 is 11.8 Å². The molecule has 1 aromatic carbocycles. The average Bonchev–Trinajstić information content (AvgIpc) is 3.38. The molecule has 7 nitrogen and oxygen atoms in total. The van der Waals surface area contributed by atoms with Crippen molar-refractivity contribution in [2.24, 2.45) is 7.05 Å². The Kier molecular flexibility index (Phi) is 4.73. The van der Waals surface area contributed by atoms with Crippen LogP contribution in [0.1, 0.15) is 36.0 Å². The van der Waals surface area contributed by atoms with E-state index < -0.39 is 0 Å². The maximum atomic E-state index is 12.4. The van der Waals surface area contributed by atoms with E-state index in [1.165, 1.54) is 11.8 Å². The van der Waals surface area contributed by atoms with Gasteiger partial charge in [-0.25, -0.2) is 9.67 Å². The Morgan fingerprint density at radius 2 is 1.96 bits per heavy atom. The highest BCUT2D eigenvalue weighted by Gasteiger charge is 2.30. The fourth-order valence-corrected chi connectivity index (χ4v) is 3.62. The molecule has 0 radical (unpaired) electrons. The maximum absolute atomic E-state index is 12.4. The van der Waals surface area contributed by atoms with Crippen LogP contribution in [0.4, 0.5) is 5.69 Å². The van der Waals surface area contributed by atoms with Crippen molar-refractivity contribution in [2.45, 2.75) is 37.8 Å². The lowest BCUT2D eigenvalue weighted by Crippen LogP contribution is -2.15. The van der Waals surface area contributed by atoms with E-state index in [-0.39, 0.29) is 11.7 Å². The summed E-state index contributed by atoms with van der Waals surface area (Å²) in [6, 6.07) is 10.0. The molecule has 0 spiro atoms. The molecule has 2 aromatic heterocycles. The van der Waals surface area contributed by atoms with Gasteiger partial charge in [0.2, 0.25) is 11.1 Å². The highest BCUT2D eigenvalue weighted by atomic mass is 32.2. The van der Waals surface area contributed by atoms with Crippen LogP contribution < -0.4 is 5.32 Å². The Balaban J connectivity index is 1.46. The first-order chi connectivity index (χ1) is 13.0. The Labute approximate surface area is 162 Å². The number of carbonyl (C=O) groups excluding carboxylic acids is 1. The molecular weight excluding hydrogens is 360 g/mol. The summed E-state index contributed by atoms with van der Waals surface area (Å²) in [5.74, 6) is 1.64. The van der Waals surface area contributed by atoms with E-state index >= 15 is 0 Å². The molecule has 2 heterocycles. The number of aryl methyl sites for hydroxylation is 2. The van der Waals surface area contributed by atoms with Crippen LogP contribution in [-0.4, -0.2) is 36.2 Å². The normalized spacial score (nSPS) is 13.7. The quantitative estimate of drug-likeness (QED) is 0.662. The number of rotatable bonds is 6. The first-order valence-electron chi connectivity index (χ1n) is 8.98. The van der Waals surface area contributed by atoms with Crippen LogP contribution in [0.2, 0.25) is 0 Å². The molecular formula is C19H22N6OS. The van der Waals surface area contributed by atoms with Gasteiger partial charge in [-0.15, -0.1) is 5.10 Å². The van der Waals surface area contributed by atoms with Gasteiger partial charge in [-0.1, -0.05) is 30.0 Å². The molecule has 0 unspecified atom stereocenters. The van der Waals surface area contributed by atoms with E-state index in [0.29, 0.717) is 11.1 Å². The number of nitrogens with one attached hydrogen (secondary N) is 1. The van der Waals surface area contributed by atoms with Gasteiger partial charge in [0.25, 0.3) is 0 Å². The topological polar surface area (TPSA) is 77.6 Å². The van der Waals surface area contributed by atoms with Crippen molar-refractivity contribution in [1.82, 2.24) is 24.5 Å². The largest absolute Gasteiger partial charge is 0.322 e. The number of benzene rings is 1. The van der Waals surface area contributed by atoms with Gasteiger partial charge >= 0.3 is 0 Å². The maximum Gasteiger partial charge on any atom is 0.234 e. The highest BCUT2D eigenvalue weighted by molar-refractivity contribution is 7.99. The third kappa shape index (κ3) is 3.75. The predicted octanol–water partition coefficient (Wildman–Crippen LogP) is 3.23. The summed E-state index contributed by atoms with van der Waals surface area (Å²) in [5, 5.41) is 12.5. The standard InChI is InChI=1S/C19H22N6OS/c1-12-17(13(2)24(3)22-12)20-16(26)11-27-19-21-18(14-9-10-14)25(23-19)15-7-5-4-6-8-15/h4-8,14H,9-11H2,1-3H3,(H,20,26). The van der Waals surface area contributed by atoms with Crippen molar-refractivity contribution in [3.05, 3.63) is 47.5 Å². The molecule has 1 N–H and O–H groups in total. The molecule has 1 aliphatic rings. The molecule has 1 aliphatic carbocycles. The number of anilines is 1. The van der Waals surface area contributed by atoms with Gasteiger partial charge in [-0.3, -0.25) is 9.48 Å². The Hall–Kier alpha value is -2.61. The Morgan fingerprint density at radius 1 is 1.22 bits per heavy atom.